The molecule has 0 saturated carbocycles. The molecule has 0 radical (unpaired) electrons. The molecule has 0 spiro atoms. The second-order valence-corrected chi connectivity index (χ2v) is 4.98. The van der Waals surface area contributed by atoms with Crippen LogP contribution in [0.25, 0.3) is 0 Å². The predicted octanol–water partition coefficient (Wildman–Crippen LogP) is 2.80. The van der Waals surface area contributed by atoms with E-state index in [9.17, 15) is 0 Å². The molecule has 0 aliphatic rings. The fraction of sp³-hybridized carbons (Fsp3) is 0.308. The van der Waals surface area contributed by atoms with Gasteiger partial charge < -0.3 is 5.32 Å². The van der Waals surface area contributed by atoms with Gasteiger partial charge in [0, 0.05) is 23.3 Å². The van der Waals surface area contributed by atoms with Gasteiger partial charge in [0.15, 0.2) is 0 Å². The molecule has 0 bridgehead atoms. The Morgan fingerprint density at radius 2 is 2.18 bits per heavy atom. The van der Waals surface area contributed by atoms with Crippen molar-refractivity contribution in [1.29, 1.82) is 0 Å². The molecule has 0 amide bonds. The SMILES string of the molecule is CNC(c1cnn(C)c1)c1cccc(Br)c1C. The Labute approximate surface area is 110 Å². The third-order valence-corrected chi connectivity index (χ3v) is 3.83. The molecule has 1 aromatic heterocycles. The van der Waals surface area contributed by atoms with Crippen LogP contribution in [0.15, 0.2) is 35.1 Å². The Morgan fingerprint density at radius 1 is 1.41 bits per heavy atom. The van der Waals surface area contributed by atoms with E-state index in [1.807, 2.05) is 31.2 Å². The van der Waals surface area contributed by atoms with E-state index in [2.05, 4.69) is 51.5 Å². The van der Waals surface area contributed by atoms with Gasteiger partial charge in [0.1, 0.15) is 0 Å². The number of hydrogen-bond donors (Lipinski definition) is 1. The molecule has 1 N–H and O–H groups in total. The van der Waals surface area contributed by atoms with Gasteiger partial charge in [-0.3, -0.25) is 4.68 Å². The van der Waals surface area contributed by atoms with Crippen molar-refractivity contribution >= 4 is 15.9 Å². The van der Waals surface area contributed by atoms with E-state index in [-0.39, 0.29) is 6.04 Å². The molecule has 0 fully saturated rings. The monoisotopic (exact) mass is 293 g/mol. The predicted molar refractivity (Wildman–Crippen MR) is 73.0 cm³/mol. The molecule has 2 rings (SSSR count). The standard InChI is InChI=1S/C13H16BrN3/c1-9-11(5-4-6-12(9)14)13(15-2)10-7-16-17(3)8-10/h4-8,13,15H,1-3H3. The highest BCUT2D eigenvalue weighted by molar-refractivity contribution is 9.10. The van der Waals surface area contributed by atoms with E-state index in [0.717, 1.165) is 4.47 Å². The minimum Gasteiger partial charge on any atom is -0.309 e. The summed E-state index contributed by atoms with van der Waals surface area (Å²) in [6, 6.07) is 6.46. The third-order valence-electron chi connectivity index (χ3n) is 2.97. The van der Waals surface area contributed by atoms with Crippen LogP contribution in [0, 0.1) is 6.92 Å². The minimum atomic E-state index is 0.182. The van der Waals surface area contributed by atoms with Crippen molar-refractivity contribution in [2.24, 2.45) is 7.05 Å². The molecular weight excluding hydrogens is 278 g/mol. The Hall–Kier alpha value is -1.13. The van der Waals surface area contributed by atoms with Crippen molar-refractivity contribution in [2.45, 2.75) is 13.0 Å². The van der Waals surface area contributed by atoms with Crippen LogP contribution in [0.2, 0.25) is 0 Å². The fourth-order valence-electron chi connectivity index (χ4n) is 2.03. The molecule has 3 nitrogen and oxygen atoms in total. The van der Waals surface area contributed by atoms with E-state index in [1.54, 1.807) is 0 Å². The lowest BCUT2D eigenvalue weighted by Crippen LogP contribution is -2.18. The van der Waals surface area contributed by atoms with Crippen molar-refractivity contribution < 1.29 is 0 Å². The van der Waals surface area contributed by atoms with Crippen molar-refractivity contribution in [3.63, 3.8) is 0 Å². The number of nitrogens with zero attached hydrogens (tertiary/aromatic N) is 2. The Balaban J connectivity index is 2.45. The lowest BCUT2D eigenvalue weighted by molar-refractivity contribution is 0.685. The topological polar surface area (TPSA) is 29.9 Å². The molecule has 1 unspecified atom stereocenters. The van der Waals surface area contributed by atoms with E-state index in [4.69, 9.17) is 0 Å². The summed E-state index contributed by atoms with van der Waals surface area (Å²) in [6.07, 6.45) is 3.95. The zero-order valence-corrected chi connectivity index (χ0v) is 11.8. The van der Waals surface area contributed by atoms with E-state index < -0.39 is 0 Å². The third kappa shape index (κ3) is 2.42. The van der Waals surface area contributed by atoms with E-state index in [1.165, 1.54) is 16.7 Å². The molecule has 90 valence electrons. The van der Waals surface area contributed by atoms with E-state index in [0.29, 0.717) is 0 Å². The normalized spacial score (nSPS) is 12.7. The van der Waals surface area contributed by atoms with Gasteiger partial charge >= 0.3 is 0 Å². The minimum absolute atomic E-state index is 0.182. The van der Waals surface area contributed by atoms with Gasteiger partial charge in [0.25, 0.3) is 0 Å². The number of hydrogen-bond acceptors (Lipinski definition) is 2. The molecule has 1 heterocycles. The van der Waals surface area contributed by atoms with Gasteiger partial charge in [0.05, 0.1) is 12.2 Å². The van der Waals surface area contributed by atoms with Crippen molar-refractivity contribution in [3.05, 3.63) is 51.8 Å². The molecule has 1 atom stereocenters. The average Bonchev–Trinajstić information content (AvgIpc) is 2.72. The summed E-state index contributed by atoms with van der Waals surface area (Å²) >= 11 is 3.57. The van der Waals surface area contributed by atoms with Gasteiger partial charge in [0.2, 0.25) is 0 Å². The molecule has 2 aromatic rings. The number of aromatic nitrogens is 2. The summed E-state index contributed by atoms with van der Waals surface area (Å²) < 4.78 is 2.96. The van der Waals surface area contributed by atoms with Crippen LogP contribution >= 0.6 is 15.9 Å². The first-order valence-electron chi connectivity index (χ1n) is 5.54. The molecule has 0 aliphatic heterocycles. The summed E-state index contributed by atoms with van der Waals surface area (Å²) in [5, 5.41) is 7.57. The Kier molecular flexibility index (Phi) is 3.64. The van der Waals surface area contributed by atoms with Gasteiger partial charge in [-0.05, 0) is 31.2 Å². The Bertz CT molecular complexity index is 519. The number of benzene rings is 1. The van der Waals surface area contributed by atoms with Gasteiger partial charge in [-0.15, -0.1) is 0 Å². The van der Waals surface area contributed by atoms with Crippen LogP contribution in [0.3, 0.4) is 0 Å². The van der Waals surface area contributed by atoms with Crippen LogP contribution in [0.5, 0.6) is 0 Å². The molecular formula is C13H16BrN3. The smallest absolute Gasteiger partial charge is 0.0608 e. The lowest BCUT2D eigenvalue weighted by Gasteiger charge is -2.18. The number of aryl methyl sites for hydroxylation is 1. The maximum absolute atomic E-state index is 4.23. The summed E-state index contributed by atoms with van der Waals surface area (Å²) in [7, 11) is 3.90. The second-order valence-electron chi connectivity index (χ2n) is 4.12. The van der Waals surface area contributed by atoms with Crippen molar-refractivity contribution in [2.75, 3.05) is 7.05 Å². The highest BCUT2D eigenvalue weighted by atomic mass is 79.9. The number of rotatable bonds is 3. The number of nitrogens with one attached hydrogen (secondary N) is 1. The molecule has 4 heteroatoms. The zero-order chi connectivity index (χ0) is 12.4. The lowest BCUT2D eigenvalue weighted by atomic mass is 9.97. The first kappa shape index (κ1) is 12.3. The molecule has 0 saturated heterocycles. The van der Waals surface area contributed by atoms with Gasteiger partial charge in [-0.1, -0.05) is 28.1 Å². The molecule has 1 aromatic carbocycles. The first-order chi connectivity index (χ1) is 8.13. The van der Waals surface area contributed by atoms with Gasteiger partial charge in [-0.25, -0.2) is 0 Å². The van der Waals surface area contributed by atoms with E-state index >= 15 is 0 Å². The summed E-state index contributed by atoms with van der Waals surface area (Å²) in [4.78, 5) is 0. The van der Waals surface area contributed by atoms with Crippen molar-refractivity contribution in [3.8, 4) is 0 Å². The van der Waals surface area contributed by atoms with Crippen LogP contribution < -0.4 is 5.32 Å². The van der Waals surface area contributed by atoms with Crippen LogP contribution in [0.4, 0.5) is 0 Å². The van der Waals surface area contributed by atoms with Crippen LogP contribution in [-0.2, 0) is 7.05 Å². The van der Waals surface area contributed by atoms with Crippen LogP contribution in [-0.4, -0.2) is 16.8 Å². The zero-order valence-electron chi connectivity index (χ0n) is 10.2. The summed E-state index contributed by atoms with van der Waals surface area (Å²) in [5.41, 5.74) is 3.71. The average molecular weight is 294 g/mol. The highest BCUT2D eigenvalue weighted by Crippen LogP contribution is 2.28. The maximum atomic E-state index is 4.23. The first-order valence-corrected chi connectivity index (χ1v) is 6.33. The highest BCUT2D eigenvalue weighted by Gasteiger charge is 2.16. The maximum Gasteiger partial charge on any atom is 0.0608 e. The molecule has 17 heavy (non-hydrogen) atoms. The largest absolute Gasteiger partial charge is 0.309 e. The second kappa shape index (κ2) is 5.02. The van der Waals surface area contributed by atoms with Crippen molar-refractivity contribution in [1.82, 2.24) is 15.1 Å². The van der Waals surface area contributed by atoms with Gasteiger partial charge in [-0.2, -0.15) is 5.10 Å². The fourth-order valence-corrected chi connectivity index (χ4v) is 2.41. The summed E-state index contributed by atoms with van der Waals surface area (Å²) in [6.45, 7) is 2.13. The van der Waals surface area contributed by atoms with Crippen LogP contribution in [0.1, 0.15) is 22.7 Å². The quantitative estimate of drug-likeness (QED) is 0.943. The molecule has 0 aliphatic carbocycles. The summed E-state index contributed by atoms with van der Waals surface area (Å²) in [5.74, 6) is 0. The number of halogens is 1. The Morgan fingerprint density at radius 3 is 2.76 bits per heavy atom.